The Morgan fingerprint density at radius 1 is 1.17 bits per heavy atom. The molecule has 0 bridgehead atoms. The number of amides is 1. The van der Waals surface area contributed by atoms with Gasteiger partial charge in [0.05, 0.1) is 35.0 Å². The summed E-state index contributed by atoms with van der Waals surface area (Å²) in [6.07, 6.45) is -1.11. The molecule has 3 aromatic heterocycles. The van der Waals surface area contributed by atoms with E-state index in [1.165, 1.54) is 12.5 Å². The lowest BCUT2D eigenvalue weighted by Gasteiger charge is -2.27. The van der Waals surface area contributed by atoms with Crippen molar-refractivity contribution >= 4 is 46.3 Å². The summed E-state index contributed by atoms with van der Waals surface area (Å²) < 4.78 is 44.5. The first kappa shape index (κ1) is 25.9. The Morgan fingerprint density at radius 3 is 2.64 bits per heavy atom. The van der Waals surface area contributed by atoms with Gasteiger partial charge in [0, 0.05) is 37.7 Å². The maximum atomic E-state index is 13.0. The number of rotatable bonds is 7. The van der Waals surface area contributed by atoms with Crippen molar-refractivity contribution in [3.63, 3.8) is 0 Å². The number of Topliss-reactive ketones (excluding diaryl/α,β-unsaturated/α-hetero) is 1. The van der Waals surface area contributed by atoms with E-state index < -0.39 is 22.7 Å². The number of nitrogens with zero attached hydrogens (tertiary/aromatic N) is 5. The topological polar surface area (TPSA) is 110 Å². The molecule has 9 nitrogen and oxygen atoms in total. The summed E-state index contributed by atoms with van der Waals surface area (Å²) in [7, 11) is 0. The van der Waals surface area contributed by atoms with Crippen molar-refractivity contribution in [1.82, 2.24) is 19.9 Å². The minimum Gasteiger partial charge on any atom is -0.378 e. The average Bonchev–Trinajstić information content (AvgIpc) is 3.36. The first-order valence-electron chi connectivity index (χ1n) is 10.8. The zero-order valence-corrected chi connectivity index (χ0v) is 20.5. The molecular weight excluding hydrogens is 521 g/mol. The first-order chi connectivity index (χ1) is 17.1. The summed E-state index contributed by atoms with van der Waals surface area (Å²) in [5, 5.41) is 2.27. The van der Waals surface area contributed by atoms with Crippen LogP contribution in [0.25, 0.3) is 0 Å². The highest BCUT2D eigenvalue weighted by Crippen LogP contribution is 2.35. The highest BCUT2D eigenvalue weighted by Gasteiger charge is 2.34. The van der Waals surface area contributed by atoms with Crippen molar-refractivity contribution in [2.24, 2.45) is 0 Å². The normalized spacial score (nSPS) is 15.0. The molecule has 1 saturated heterocycles. The Labute approximate surface area is 212 Å². The van der Waals surface area contributed by atoms with Crippen molar-refractivity contribution in [1.29, 1.82) is 0 Å². The zero-order chi connectivity index (χ0) is 25.9. The van der Waals surface area contributed by atoms with Crippen LogP contribution in [0, 0.1) is 0 Å². The Bertz CT molecular complexity index is 1270. The number of alkyl halides is 3. The van der Waals surface area contributed by atoms with Gasteiger partial charge >= 0.3 is 6.18 Å². The standard InChI is InChI=1S/C22H20ClF3N6O3S/c1-12(6-16(33)15-8-19(30-11-29-15)32-2-4-35-5-3-32)21-28-10-17(36-21)20(34)31-18-7-13(22(24,25)26)14(23)9-27-18/h7-12H,2-6H2,1H3,(H,27,31,34)/t12-/m0/s1. The van der Waals surface area contributed by atoms with Crippen LogP contribution in [-0.4, -0.2) is 57.9 Å². The van der Waals surface area contributed by atoms with Crippen molar-refractivity contribution in [2.45, 2.75) is 25.4 Å². The SMILES string of the molecule is C[C@@H](CC(=O)c1cc(N2CCOCC2)ncn1)c1ncc(C(=O)Nc2cc(C(F)(F)F)c(Cl)cn2)s1. The van der Waals surface area contributed by atoms with Gasteiger partial charge in [-0.15, -0.1) is 11.3 Å². The molecule has 190 valence electrons. The van der Waals surface area contributed by atoms with Gasteiger partial charge in [-0.05, 0) is 6.07 Å². The van der Waals surface area contributed by atoms with Gasteiger partial charge in [0.15, 0.2) is 5.78 Å². The molecule has 14 heteroatoms. The van der Waals surface area contributed by atoms with Gasteiger partial charge in [-0.3, -0.25) is 9.59 Å². The molecule has 1 atom stereocenters. The van der Waals surface area contributed by atoms with Gasteiger partial charge < -0.3 is 15.0 Å². The van der Waals surface area contributed by atoms with Crippen LogP contribution in [0.3, 0.4) is 0 Å². The summed E-state index contributed by atoms with van der Waals surface area (Å²) in [5.74, 6) is -0.843. The molecule has 1 N–H and O–H groups in total. The predicted octanol–water partition coefficient (Wildman–Crippen LogP) is 4.47. The van der Waals surface area contributed by atoms with E-state index in [2.05, 4.69) is 25.3 Å². The Hall–Kier alpha value is -3.16. The molecule has 1 amide bonds. The van der Waals surface area contributed by atoms with E-state index in [0.29, 0.717) is 43.2 Å². The van der Waals surface area contributed by atoms with E-state index in [0.717, 1.165) is 17.5 Å². The van der Waals surface area contributed by atoms with Gasteiger partial charge in [0.25, 0.3) is 5.91 Å². The van der Waals surface area contributed by atoms with E-state index in [1.54, 1.807) is 13.0 Å². The number of hydrogen-bond acceptors (Lipinski definition) is 9. The van der Waals surface area contributed by atoms with Crippen molar-refractivity contribution in [2.75, 3.05) is 36.5 Å². The molecule has 36 heavy (non-hydrogen) atoms. The molecule has 1 fully saturated rings. The van der Waals surface area contributed by atoms with Crippen LogP contribution in [-0.2, 0) is 10.9 Å². The van der Waals surface area contributed by atoms with E-state index in [1.807, 2.05) is 4.90 Å². The minimum absolute atomic E-state index is 0.0990. The number of thiazole rings is 1. The quantitative estimate of drug-likeness (QED) is 0.437. The third-order valence-electron chi connectivity index (χ3n) is 5.34. The molecule has 0 saturated carbocycles. The molecule has 0 aromatic carbocycles. The summed E-state index contributed by atoms with van der Waals surface area (Å²) >= 11 is 6.60. The third kappa shape index (κ3) is 6.15. The van der Waals surface area contributed by atoms with Crippen LogP contribution < -0.4 is 10.2 Å². The van der Waals surface area contributed by atoms with Crippen LogP contribution in [0.15, 0.2) is 30.9 Å². The van der Waals surface area contributed by atoms with Gasteiger partial charge in [-0.2, -0.15) is 13.2 Å². The molecule has 0 spiro atoms. The van der Waals surface area contributed by atoms with Gasteiger partial charge in [0.1, 0.15) is 28.5 Å². The fourth-order valence-corrected chi connectivity index (χ4v) is 4.53. The number of ether oxygens (including phenoxy) is 1. The van der Waals surface area contributed by atoms with Crippen LogP contribution in [0.2, 0.25) is 5.02 Å². The summed E-state index contributed by atoms with van der Waals surface area (Å²) in [4.78, 5) is 43.8. The smallest absolute Gasteiger partial charge is 0.378 e. The first-order valence-corrected chi connectivity index (χ1v) is 12.0. The minimum atomic E-state index is -4.69. The van der Waals surface area contributed by atoms with Crippen molar-refractivity contribution in [3.8, 4) is 0 Å². The molecule has 3 aromatic rings. The lowest BCUT2D eigenvalue weighted by Crippen LogP contribution is -2.36. The summed E-state index contributed by atoms with van der Waals surface area (Å²) in [5.41, 5.74) is -0.824. The number of nitrogens with one attached hydrogen (secondary N) is 1. The van der Waals surface area contributed by atoms with Crippen LogP contribution in [0.4, 0.5) is 24.8 Å². The van der Waals surface area contributed by atoms with Crippen LogP contribution in [0.1, 0.15) is 50.0 Å². The Morgan fingerprint density at radius 2 is 1.92 bits per heavy atom. The molecule has 1 aliphatic heterocycles. The fraction of sp³-hybridized carbons (Fsp3) is 0.364. The third-order valence-corrected chi connectivity index (χ3v) is 6.87. The van der Waals surface area contributed by atoms with E-state index >= 15 is 0 Å². The molecule has 4 rings (SSSR count). The largest absolute Gasteiger partial charge is 0.418 e. The fourth-order valence-electron chi connectivity index (χ4n) is 3.46. The highest BCUT2D eigenvalue weighted by molar-refractivity contribution is 7.13. The second kappa shape index (κ2) is 10.8. The summed E-state index contributed by atoms with van der Waals surface area (Å²) in [6.45, 7) is 4.31. The van der Waals surface area contributed by atoms with E-state index in [4.69, 9.17) is 16.3 Å². The number of morpholine rings is 1. The maximum absolute atomic E-state index is 13.0. The molecule has 0 radical (unpaired) electrons. The van der Waals surface area contributed by atoms with Crippen LogP contribution in [0.5, 0.6) is 0 Å². The number of pyridine rings is 1. The highest BCUT2D eigenvalue weighted by atomic mass is 35.5. The second-order valence-electron chi connectivity index (χ2n) is 7.95. The predicted molar refractivity (Wildman–Crippen MR) is 127 cm³/mol. The molecule has 0 unspecified atom stereocenters. The van der Waals surface area contributed by atoms with Crippen LogP contribution >= 0.6 is 22.9 Å². The number of halogens is 4. The number of anilines is 2. The number of ketones is 1. The average molecular weight is 541 g/mol. The lowest BCUT2D eigenvalue weighted by molar-refractivity contribution is -0.137. The van der Waals surface area contributed by atoms with Crippen molar-refractivity contribution in [3.05, 3.63) is 57.0 Å². The summed E-state index contributed by atoms with van der Waals surface area (Å²) in [6, 6.07) is 2.31. The molecule has 4 heterocycles. The number of aromatic nitrogens is 4. The second-order valence-corrected chi connectivity index (χ2v) is 9.42. The van der Waals surface area contributed by atoms with Crippen molar-refractivity contribution < 1.29 is 27.5 Å². The number of hydrogen-bond donors (Lipinski definition) is 1. The molecule has 0 aliphatic carbocycles. The lowest BCUT2D eigenvalue weighted by atomic mass is 10.0. The maximum Gasteiger partial charge on any atom is 0.418 e. The monoisotopic (exact) mass is 540 g/mol. The van der Waals surface area contributed by atoms with E-state index in [9.17, 15) is 22.8 Å². The molecule has 1 aliphatic rings. The van der Waals surface area contributed by atoms with Gasteiger partial charge in [0.2, 0.25) is 0 Å². The molecular formula is C22H20ClF3N6O3S. The van der Waals surface area contributed by atoms with Gasteiger partial charge in [-0.1, -0.05) is 18.5 Å². The zero-order valence-electron chi connectivity index (χ0n) is 18.9. The van der Waals surface area contributed by atoms with E-state index in [-0.39, 0.29) is 34.5 Å². The number of carbonyl (C=O) groups is 2. The van der Waals surface area contributed by atoms with Gasteiger partial charge in [-0.25, -0.2) is 19.9 Å². The Balaban J connectivity index is 1.40. The number of carbonyl (C=O) groups excluding carboxylic acids is 2. The Kier molecular flexibility index (Phi) is 7.81.